The Morgan fingerprint density at radius 1 is 1.47 bits per heavy atom. The van der Waals surface area contributed by atoms with Gasteiger partial charge in [0.05, 0.1) is 5.41 Å². The van der Waals surface area contributed by atoms with Crippen molar-refractivity contribution in [3.8, 4) is 0 Å². The summed E-state index contributed by atoms with van der Waals surface area (Å²) in [5.41, 5.74) is -0.564. The van der Waals surface area contributed by atoms with Crippen LogP contribution in [0.25, 0.3) is 0 Å². The van der Waals surface area contributed by atoms with Crippen molar-refractivity contribution < 1.29 is 9.90 Å². The van der Waals surface area contributed by atoms with Gasteiger partial charge in [0.25, 0.3) is 0 Å². The van der Waals surface area contributed by atoms with Crippen molar-refractivity contribution in [3.05, 3.63) is 0 Å². The Morgan fingerprint density at radius 2 is 2.06 bits per heavy atom. The van der Waals surface area contributed by atoms with Gasteiger partial charge in [0.1, 0.15) is 0 Å². The molecule has 0 aromatic carbocycles. The Morgan fingerprint density at radius 3 is 2.47 bits per heavy atom. The SMILES string of the molecule is CCC(CC)(CN1CCNC[C@@H]1C)C(=O)O.Cl. The van der Waals surface area contributed by atoms with E-state index in [4.69, 9.17) is 0 Å². The highest BCUT2D eigenvalue weighted by Gasteiger charge is 2.38. The van der Waals surface area contributed by atoms with E-state index in [-0.39, 0.29) is 12.4 Å². The zero-order valence-corrected chi connectivity index (χ0v) is 11.8. The number of carboxylic acids is 1. The molecule has 102 valence electrons. The lowest BCUT2D eigenvalue weighted by Crippen LogP contribution is -2.54. The number of carbonyl (C=O) groups is 1. The second-order valence-corrected chi connectivity index (χ2v) is 4.82. The van der Waals surface area contributed by atoms with E-state index >= 15 is 0 Å². The van der Waals surface area contributed by atoms with Gasteiger partial charge in [0, 0.05) is 32.2 Å². The van der Waals surface area contributed by atoms with Gasteiger partial charge in [-0.1, -0.05) is 13.8 Å². The molecule has 0 spiro atoms. The minimum absolute atomic E-state index is 0. The first-order valence-corrected chi connectivity index (χ1v) is 6.24. The number of piperazine rings is 1. The van der Waals surface area contributed by atoms with Gasteiger partial charge in [-0.2, -0.15) is 0 Å². The normalized spacial score (nSPS) is 21.9. The summed E-state index contributed by atoms with van der Waals surface area (Å²) in [7, 11) is 0. The molecule has 0 radical (unpaired) electrons. The van der Waals surface area contributed by atoms with Gasteiger partial charge in [0.2, 0.25) is 0 Å². The van der Waals surface area contributed by atoms with Gasteiger partial charge in [-0.05, 0) is 19.8 Å². The maximum atomic E-state index is 11.4. The third-order valence-electron chi connectivity index (χ3n) is 3.95. The quantitative estimate of drug-likeness (QED) is 0.792. The lowest BCUT2D eigenvalue weighted by molar-refractivity contribution is -0.151. The van der Waals surface area contributed by atoms with Crippen LogP contribution in [0.2, 0.25) is 0 Å². The van der Waals surface area contributed by atoms with Crippen LogP contribution in [0.1, 0.15) is 33.6 Å². The van der Waals surface area contributed by atoms with Crippen molar-refractivity contribution in [1.82, 2.24) is 10.2 Å². The van der Waals surface area contributed by atoms with E-state index in [9.17, 15) is 9.90 Å². The standard InChI is InChI=1S/C12H24N2O2.ClH/c1-4-12(5-2,11(15)16)9-14-7-6-13-8-10(14)3;/h10,13H,4-9H2,1-3H3,(H,15,16);1H/t10-;/m0./s1. The predicted molar refractivity (Wildman–Crippen MR) is 71.8 cm³/mol. The molecule has 0 unspecified atom stereocenters. The zero-order chi connectivity index (χ0) is 12.2. The third kappa shape index (κ3) is 3.83. The van der Waals surface area contributed by atoms with Crippen LogP contribution in [0.3, 0.4) is 0 Å². The van der Waals surface area contributed by atoms with Gasteiger partial charge in [-0.15, -0.1) is 12.4 Å². The number of carboxylic acid groups (broad SMARTS) is 1. The molecule has 1 heterocycles. The number of hydrogen-bond acceptors (Lipinski definition) is 3. The first-order valence-electron chi connectivity index (χ1n) is 6.24. The Kier molecular flexibility index (Phi) is 7.05. The van der Waals surface area contributed by atoms with Crippen molar-refractivity contribution in [2.45, 2.75) is 39.7 Å². The van der Waals surface area contributed by atoms with Crippen LogP contribution in [-0.2, 0) is 4.79 Å². The number of nitrogens with one attached hydrogen (secondary N) is 1. The highest BCUT2D eigenvalue weighted by Crippen LogP contribution is 2.29. The lowest BCUT2D eigenvalue weighted by atomic mass is 9.81. The Labute approximate surface area is 110 Å². The van der Waals surface area contributed by atoms with E-state index in [0.717, 1.165) is 19.6 Å². The van der Waals surface area contributed by atoms with Gasteiger partial charge in [-0.3, -0.25) is 9.69 Å². The molecule has 5 heteroatoms. The fraction of sp³-hybridized carbons (Fsp3) is 0.917. The highest BCUT2D eigenvalue weighted by atomic mass is 35.5. The molecule has 1 aliphatic heterocycles. The zero-order valence-electron chi connectivity index (χ0n) is 11.0. The molecule has 17 heavy (non-hydrogen) atoms. The topological polar surface area (TPSA) is 52.6 Å². The molecular formula is C12H25ClN2O2. The number of halogens is 1. The molecule has 1 fully saturated rings. The summed E-state index contributed by atoms with van der Waals surface area (Å²) in [6.45, 7) is 9.67. The smallest absolute Gasteiger partial charge is 0.310 e. The molecule has 4 nitrogen and oxygen atoms in total. The van der Waals surface area contributed by atoms with Crippen LogP contribution in [0.4, 0.5) is 0 Å². The van der Waals surface area contributed by atoms with Crippen LogP contribution in [0.5, 0.6) is 0 Å². The first-order chi connectivity index (χ1) is 7.55. The van der Waals surface area contributed by atoms with E-state index in [2.05, 4.69) is 17.1 Å². The van der Waals surface area contributed by atoms with Crippen LogP contribution in [-0.4, -0.2) is 48.2 Å². The molecule has 0 saturated carbocycles. The summed E-state index contributed by atoms with van der Waals surface area (Å²) in [5, 5.41) is 12.7. The van der Waals surface area contributed by atoms with Gasteiger partial charge in [-0.25, -0.2) is 0 Å². The second-order valence-electron chi connectivity index (χ2n) is 4.82. The molecule has 0 amide bonds. The van der Waals surface area contributed by atoms with E-state index in [1.54, 1.807) is 0 Å². The monoisotopic (exact) mass is 264 g/mol. The predicted octanol–water partition coefficient (Wildman–Crippen LogP) is 1.59. The maximum Gasteiger partial charge on any atom is 0.310 e. The highest BCUT2D eigenvalue weighted by molar-refractivity contribution is 5.85. The van der Waals surface area contributed by atoms with Gasteiger partial charge < -0.3 is 10.4 Å². The molecular weight excluding hydrogens is 240 g/mol. The van der Waals surface area contributed by atoms with Crippen LogP contribution < -0.4 is 5.32 Å². The lowest BCUT2D eigenvalue weighted by Gasteiger charge is -2.40. The third-order valence-corrected chi connectivity index (χ3v) is 3.95. The van der Waals surface area contributed by atoms with Crippen molar-refractivity contribution in [3.63, 3.8) is 0 Å². The molecule has 2 N–H and O–H groups in total. The Hall–Kier alpha value is -0.320. The molecule has 1 aliphatic rings. The summed E-state index contributed by atoms with van der Waals surface area (Å²) in [4.78, 5) is 13.7. The Bertz CT molecular complexity index is 245. The van der Waals surface area contributed by atoms with E-state index in [0.29, 0.717) is 25.4 Å². The van der Waals surface area contributed by atoms with Crippen molar-refractivity contribution in [2.75, 3.05) is 26.2 Å². The molecule has 1 rings (SSSR count). The fourth-order valence-corrected chi connectivity index (χ4v) is 2.35. The number of nitrogens with zero attached hydrogens (tertiary/aromatic N) is 1. The van der Waals surface area contributed by atoms with Gasteiger partial charge in [0.15, 0.2) is 0 Å². The van der Waals surface area contributed by atoms with E-state index < -0.39 is 11.4 Å². The molecule has 0 aromatic heterocycles. The van der Waals surface area contributed by atoms with E-state index in [1.807, 2.05) is 13.8 Å². The number of aliphatic carboxylic acids is 1. The van der Waals surface area contributed by atoms with Crippen molar-refractivity contribution >= 4 is 18.4 Å². The molecule has 1 atom stereocenters. The summed E-state index contributed by atoms with van der Waals surface area (Å²) in [6.07, 6.45) is 1.41. The number of hydrogen-bond donors (Lipinski definition) is 2. The maximum absolute atomic E-state index is 11.4. The van der Waals surface area contributed by atoms with E-state index in [1.165, 1.54) is 0 Å². The van der Waals surface area contributed by atoms with Gasteiger partial charge >= 0.3 is 5.97 Å². The molecule has 0 aliphatic carbocycles. The summed E-state index contributed by atoms with van der Waals surface area (Å²) in [6, 6.07) is 0.436. The molecule has 0 bridgehead atoms. The van der Waals surface area contributed by atoms with Crippen LogP contribution >= 0.6 is 12.4 Å². The minimum Gasteiger partial charge on any atom is -0.481 e. The summed E-state index contributed by atoms with van der Waals surface area (Å²) in [5.74, 6) is -0.650. The summed E-state index contributed by atoms with van der Waals surface area (Å²) < 4.78 is 0. The largest absolute Gasteiger partial charge is 0.481 e. The van der Waals surface area contributed by atoms with Crippen molar-refractivity contribution in [2.24, 2.45) is 5.41 Å². The van der Waals surface area contributed by atoms with Crippen LogP contribution in [0, 0.1) is 5.41 Å². The average molecular weight is 265 g/mol. The average Bonchev–Trinajstić information content (AvgIpc) is 2.28. The summed E-state index contributed by atoms with van der Waals surface area (Å²) >= 11 is 0. The fourth-order valence-electron chi connectivity index (χ4n) is 2.35. The number of rotatable bonds is 5. The molecule has 1 saturated heterocycles. The molecule has 0 aromatic rings. The Balaban J connectivity index is 0.00000256. The first kappa shape index (κ1) is 16.7. The van der Waals surface area contributed by atoms with Crippen LogP contribution in [0.15, 0.2) is 0 Å². The second kappa shape index (κ2) is 7.19. The van der Waals surface area contributed by atoms with Crippen molar-refractivity contribution in [1.29, 1.82) is 0 Å². The minimum atomic E-state index is -0.650.